The summed E-state index contributed by atoms with van der Waals surface area (Å²) in [5.74, 6) is 0. The van der Waals surface area contributed by atoms with Gasteiger partial charge in [-0.3, -0.25) is 0 Å². The lowest BCUT2D eigenvalue weighted by atomic mass is 9.62. The van der Waals surface area contributed by atoms with Crippen LogP contribution < -0.4 is 4.90 Å². The van der Waals surface area contributed by atoms with E-state index in [-0.39, 0.29) is 10.8 Å². The van der Waals surface area contributed by atoms with Crippen LogP contribution in [0.4, 0.5) is 17.1 Å². The van der Waals surface area contributed by atoms with Crippen LogP contribution in [0.15, 0.2) is 282 Å². The van der Waals surface area contributed by atoms with Gasteiger partial charge in [-0.25, -0.2) is 0 Å². The van der Waals surface area contributed by atoms with E-state index < -0.39 is 10.8 Å². The minimum Gasteiger partial charge on any atom is -0.456 e. The highest BCUT2D eigenvalue weighted by Crippen LogP contribution is 2.69. The van der Waals surface area contributed by atoms with E-state index >= 15 is 0 Å². The Kier molecular flexibility index (Phi) is 20.1. The number of rotatable bonds is 31. The summed E-state index contributed by atoms with van der Waals surface area (Å²) in [7, 11) is 0. The van der Waals surface area contributed by atoms with E-state index in [2.05, 4.69) is 319 Å². The summed E-state index contributed by atoms with van der Waals surface area (Å²) in [6, 6.07) is 106. The van der Waals surface area contributed by atoms with E-state index in [1.807, 2.05) is 0 Å². The average Bonchev–Trinajstić information content (AvgIpc) is 1.50. The lowest BCUT2D eigenvalue weighted by Gasteiger charge is -2.40. The van der Waals surface area contributed by atoms with Crippen molar-refractivity contribution in [3.05, 3.63) is 351 Å². The first kappa shape index (κ1) is 74.4. The summed E-state index contributed by atoms with van der Waals surface area (Å²) >= 11 is 0. The molecule has 0 bridgehead atoms. The van der Waals surface area contributed by atoms with Gasteiger partial charge >= 0.3 is 0 Å². The number of fused-ring (bicyclic) bond motifs is 22. The molecule has 0 spiro atoms. The third-order valence-electron chi connectivity index (χ3n) is 27.9. The monoisotopic (exact) mass is 1500 g/mol. The largest absolute Gasteiger partial charge is 0.456 e. The van der Waals surface area contributed by atoms with Gasteiger partial charge < -0.3 is 13.7 Å². The van der Waals surface area contributed by atoms with E-state index in [0.29, 0.717) is 0 Å². The molecular weight excluding hydrogens is 1390 g/mol. The molecule has 0 amide bonds. The van der Waals surface area contributed by atoms with E-state index in [1.54, 1.807) is 16.7 Å². The Labute approximate surface area is 682 Å². The maximum atomic E-state index is 7.67. The highest BCUT2D eigenvalue weighted by molar-refractivity contribution is 6.21. The molecule has 2 aromatic heterocycles. The van der Waals surface area contributed by atoms with Crippen molar-refractivity contribution in [1.29, 1.82) is 0 Å². The summed E-state index contributed by atoms with van der Waals surface area (Å²) in [6.45, 7) is 14.1. The minimum atomic E-state index is -0.775. The fourth-order valence-electron chi connectivity index (χ4n) is 22.9. The Balaban J connectivity index is 0.888. The number of anilines is 3. The van der Waals surface area contributed by atoms with Gasteiger partial charge in [-0.05, 0) is 211 Å². The number of hydrogen-bond acceptors (Lipinski definition) is 3. The smallest absolute Gasteiger partial charge is 0.144 e. The lowest BCUT2D eigenvalue weighted by molar-refractivity contribution is 0.369. The second kappa shape index (κ2) is 31.1. The molecule has 15 aromatic rings. The van der Waals surface area contributed by atoms with Gasteiger partial charge in [0.25, 0.3) is 0 Å². The van der Waals surface area contributed by atoms with Crippen molar-refractivity contribution in [2.75, 3.05) is 4.90 Å². The van der Waals surface area contributed by atoms with Crippen LogP contribution >= 0.6 is 0 Å². The van der Waals surface area contributed by atoms with Gasteiger partial charge in [0.05, 0.1) is 10.8 Å². The summed E-state index contributed by atoms with van der Waals surface area (Å²) in [5, 5.41) is 4.85. The number of unbranched alkanes of at least 4 members (excludes halogenated alkanes) is 16. The molecule has 2 heterocycles. The van der Waals surface area contributed by atoms with Crippen LogP contribution in [0.3, 0.4) is 0 Å². The van der Waals surface area contributed by atoms with Gasteiger partial charge in [-0.15, -0.1) is 0 Å². The lowest BCUT2D eigenvalue weighted by Crippen LogP contribution is -2.33. The van der Waals surface area contributed by atoms with Gasteiger partial charge in [-0.2, -0.15) is 0 Å². The molecular formula is C112H111NO2. The normalized spacial score (nSPS) is 14.6. The Morgan fingerprint density at radius 3 is 1.25 bits per heavy atom. The van der Waals surface area contributed by atoms with Crippen LogP contribution in [0.25, 0.3) is 88.4 Å². The summed E-state index contributed by atoms with van der Waals surface area (Å²) in [6.07, 6.45) is 29.4. The molecule has 0 unspecified atom stereocenters. The molecule has 0 saturated heterocycles. The Morgan fingerprint density at radius 1 is 0.278 bits per heavy atom. The molecule has 3 nitrogen and oxygen atoms in total. The predicted molar refractivity (Wildman–Crippen MR) is 486 cm³/mol. The zero-order chi connectivity index (χ0) is 77.8. The maximum absolute atomic E-state index is 7.67. The SMILES string of the molecule is CCCCCCCC1(CCCCCCC)c2ccccc2-c2c1c1c(c3c2oc2ccccc23)-c2ccc(N(c3ccc4c(c3)C(c3ccccc3)(c3ccccc3)c3cc5c(cc3-4)C(c3ccccc3)(c3ccccc3)c3ccc4oc6ccccc6c4c3-5)c3ccc(C)cc3C)cc2C1(CCCCCCC)CCCCCCC. The van der Waals surface area contributed by atoms with Crippen molar-refractivity contribution in [1.82, 2.24) is 0 Å². The topological polar surface area (TPSA) is 29.5 Å². The zero-order valence-electron chi connectivity index (χ0n) is 68.7. The van der Waals surface area contributed by atoms with E-state index in [1.165, 1.54) is 256 Å². The number of nitrogens with zero attached hydrogens (tertiary/aromatic N) is 1. The van der Waals surface area contributed by atoms with Crippen molar-refractivity contribution in [3.63, 3.8) is 0 Å². The van der Waals surface area contributed by atoms with Crippen LogP contribution in [0, 0.1) is 13.8 Å². The van der Waals surface area contributed by atoms with Crippen molar-refractivity contribution in [2.24, 2.45) is 0 Å². The van der Waals surface area contributed by atoms with Crippen molar-refractivity contribution >= 4 is 60.9 Å². The molecule has 4 aliphatic carbocycles. The number of aryl methyl sites for hydroxylation is 2. The van der Waals surface area contributed by atoms with Crippen LogP contribution in [0.1, 0.15) is 260 Å². The van der Waals surface area contributed by atoms with Crippen molar-refractivity contribution < 1.29 is 8.83 Å². The molecule has 19 rings (SSSR count). The molecule has 0 N–H and O–H groups in total. The third kappa shape index (κ3) is 11.9. The average molecular weight is 1500 g/mol. The first-order valence-electron chi connectivity index (χ1n) is 44.4. The van der Waals surface area contributed by atoms with E-state index in [9.17, 15) is 0 Å². The highest BCUT2D eigenvalue weighted by Gasteiger charge is 2.56. The molecule has 0 saturated carbocycles. The molecule has 4 aliphatic rings. The molecule has 115 heavy (non-hydrogen) atoms. The molecule has 0 fully saturated rings. The standard InChI is InChI=1S/C112H111NO2/c1-7-11-15-19-41-67-109(68-42-20-16-12-8-2)91-56-38-35-53-85(91)105-107(109)106-103(104-88-55-37-40-58-99(88)115-108(104)105)86-63-61-82(72-93(86)110(106,69-43-21-17-13-9-3)70-44-22-18-14-10-4)113(97-65-59-76(5)71-77(97)6)83-60-62-84-89-74-96-90(75-95(89)112(94(84)73-83,80-49-31-25-32-50-80)81-51-33-26-34-52-81)101-92(64-66-100-102(101)87-54-36-39-57-98(87)114-100)111(96,78-45-27-23-28-46-78)79-47-29-24-30-48-79/h23-40,45-66,71-75H,7-22,41-44,67-70H2,1-6H3. The Bertz CT molecular complexity index is 5980. The first-order chi connectivity index (χ1) is 56.7. The molecule has 0 aliphatic heterocycles. The second-order valence-electron chi connectivity index (χ2n) is 34.6. The van der Waals surface area contributed by atoms with Crippen molar-refractivity contribution in [3.8, 4) is 44.5 Å². The van der Waals surface area contributed by atoms with Gasteiger partial charge in [0.2, 0.25) is 0 Å². The summed E-state index contributed by atoms with van der Waals surface area (Å²) in [5.41, 5.74) is 35.1. The summed E-state index contributed by atoms with van der Waals surface area (Å²) < 4.78 is 14.6. The third-order valence-corrected chi connectivity index (χ3v) is 27.9. The number of benzene rings is 13. The predicted octanol–water partition coefficient (Wildman–Crippen LogP) is 32.3. The van der Waals surface area contributed by atoms with Crippen molar-refractivity contribution in [2.45, 2.75) is 217 Å². The van der Waals surface area contributed by atoms with Crippen LogP contribution in [0.2, 0.25) is 0 Å². The van der Waals surface area contributed by atoms with E-state index in [4.69, 9.17) is 8.83 Å². The number of para-hydroxylation sites is 2. The van der Waals surface area contributed by atoms with Crippen LogP contribution in [-0.2, 0) is 21.7 Å². The van der Waals surface area contributed by atoms with Gasteiger partial charge in [-0.1, -0.05) is 374 Å². The molecule has 0 radical (unpaired) electrons. The fraction of sp³-hybridized carbons (Fsp3) is 0.304. The minimum absolute atomic E-state index is 0.187. The zero-order valence-corrected chi connectivity index (χ0v) is 68.7. The number of furan rings is 2. The second-order valence-corrected chi connectivity index (χ2v) is 34.6. The number of hydrogen-bond donors (Lipinski definition) is 0. The van der Waals surface area contributed by atoms with Gasteiger partial charge in [0.15, 0.2) is 0 Å². The quantitative estimate of drug-likeness (QED) is 0.0406. The fourth-order valence-corrected chi connectivity index (χ4v) is 22.9. The Hall–Kier alpha value is -10.7. The highest BCUT2D eigenvalue weighted by atomic mass is 16.3. The van der Waals surface area contributed by atoms with E-state index in [0.717, 1.165) is 64.5 Å². The molecule has 13 aromatic carbocycles. The summed E-state index contributed by atoms with van der Waals surface area (Å²) in [4.78, 5) is 2.70. The van der Waals surface area contributed by atoms with Crippen LogP contribution in [0.5, 0.6) is 0 Å². The maximum Gasteiger partial charge on any atom is 0.144 e. The van der Waals surface area contributed by atoms with Gasteiger partial charge in [0, 0.05) is 55.0 Å². The molecule has 0 atom stereocenters. The molecule has 3 heteroatoms. The van der Waals surface area contributed by atoms with Crippen LogP contribution in [-0.4, -0.2) is 0 Å². The van der Waals surface area contributed by atoms with Gasteiger partial charge in [0.1, 0.15) is 22.3 Å². The molecule has 576 valence electrons. The Morgan fingerprint density at radius 2 is 0.704 bits per heavy atom. The first-order valence-corrected chi connectivity index (χ1v) is 44.4.